The van der Waals surface area contributed by atoms with Gasteiger partial charge in [0.15, 0.2) is 0 Å². The largest absolute Gasteiger partial charge is 0.478 e. The number of benzene rings is 1. The van der Waals surface area contributed by atoms with Gasteiger partial charge in [0, 0.05) is 13.2 Å². The molecule has 0 bridgehead atoms. The number of aromatic nitrogens is 1. The minimum atomic E-state index is -3.87. The molecular weight excluding hydrogens is 292 g/mol. The van der Waals surface area contributed by atoms with Gasteiger partial charge in [-0.05, 0) is 36.8 Å². The summed E-state index contributed by atoms with van der Waals surface area (Å²) in [6, 6.07) is 9.09. The van der Waals surface area contributed by atoms with Crippen molar-refractivity contribution in [1.29, 1.82) is 0 Å². The van der Waals surface area contributed by atoms with E-state index in [2.05, 4.69) is 4.98 Å². The van der Waals surface area contributed by atoms with E-state index in [1.807, 2.05) is 0 Å². The van der Waals surface area contributed by atoms with Crippen LogP contribution in [0.25, 0.3) is 0 Å². The quantitative estimate of drug-likeness (QED) is 0.932. The first-order valence-electron chi connectivity index (χ1n) is 6.08. The van der Waals surface area contributed by atoms with Crippen LogP contribution in [0.2, 0.25) is 0 Å². The van der Waals surface area contributed by atoms with Crippen LogP contribution >= 0.6 is 0 Å². The Labute approximate surface area is 122 Å². The second kappa shape index (κ2) is 5.53. The SMILES string of the molecule is Cc1c(C(=O)O)cccc1S(=O)(=O)N(C)c1ccccn1. The van der Waals surface area contributed by atoms with E-state index in [0.29, 0.717) is 0 Å². The molecule has 0 amide bonds. The summed E-state index contributed by atoms with van der Waals surface area (Å²) in [6.07, 6.45) is 1.49. The predicted molar refractivity (Wildman–Crippen MR) is 78.0 cm³/mol. The number of nitrogens with zero attached hydrogens (tertiary/aromatic N) is 2. The molecule has 7 heteroatoms. The maximum absolute atomic E-state index is 12.6. The average Bonchev–Trinajstić information content (AvgIpc) is 2.47. The summed E-state index contributed by atoms with van der Waals surface area (Å²) in [6.45, 7) is 1.47. The fraction of sp³-hybridized carbons (Fsp3) is 0.143. The van der Waals surface area contributed by atoms with E-state index in [9.17, 15) is 13.2 Å². The summed E-state index contributed by atoms with van der Waals surface area (Å²) in [7, 11) is -2.49. The third-order valence-electron chi connectivity index (χ3n) is 3.12. The van der Waals surface area contributed by atoms with Gasteiger partial charge in [0.2, 0.25) is 0 Å². The third-order valence-corrected chi connectivity index (χ3v) is 5.03. The van der Waals surface area contributed by atoms with Gasteiger partial charge in [0.25, 0.3) is 10.0 Å². The first-order valence-corrected chi connectivity index (χ1v) is 7.52. The highest BCUT2D eigenvalue weighted by Crippen LogP contribution is 2.24. The smallest absolute Gasteiger partial charge is 0.335 e. The molecule has 0 unspecified atom stereocenters. The summed E-state index contributed by atoms with van der Waals surface area (Å²) in [4.78, 5) is 15.1. The van der Waals surface area contributed by atoms with Crippen LogP contribution in [0.5, 0.6) is 0 Å². The van der Waals surface area contributed by atoms with Crippen molar-refractivity contribution < 1.29 is 18.3 Å². The van der Waals surface area contributed by atoms with Gasteiger partial charge in [-0.15, -0.1) is 0 Å². The van der Waals surface area contributed by atoms with Crippen molar-refractivity contribution in [3.05, 3.63) is 53.7 Å². The number of carboxylic acid groups (broad SMARTS) is 1. The number of carboxylic acids is 1. The molecule has 1 N–H and O–H groups in total. The standard InChI is InChI=1S/C14H14N2O4S/c1-10-11(14(17)18)6-5-7-12(10)21(19,20)16(2)13-8-3-4-9-15-13/h3-9H,1-2H3,(H,17,18). The first-order chi connectivity index (χ1) is 9.85. The Balaban J connectivity index is 2.55. The molecule has 0 saturated heterocycles. The lowest BCUT2D eigenvalue weighted by molar-refractivity contribution is 0.0696. The maximum Gasteiger partial charge on any atom is 0.335 e. The zero-order valence-corrected chi connectivity index (χ0v) is 12.3. The van der Waals surface area contributed by atoms with E-state index in [1.54, 1.807) is 18.2 Å². The molecule has 2 aromatic rings. The molecular formula is C14H14N2O4S. The molecule has 0 radical (unpaired) electrons. The van der Waals surface area contributed by atoms with Crippen LogP contribution in [-0.2, 0) is 10.0 Å². The van der Waals surface area contributed by atoms with Gasteiger partial charge < -0.3 is 5.11 Å². The molecule has 0 fully saturated rings. The number of rotatable bonds is 4. The molecule has 0 aliphatic heterocycles. The highest BCUT2D eigenvalue weighted by atomic mass is 32.2. The molecule has 0 aliphatic rings. The van der Waals surface area contributed by atoms with Crippen LogP contribution < -0.4 is 4.31 Å². The van der Waals surface area contributed by atoms with Gasteiger partial charge in [-0.1, -0.05) is 12.1 Å². The average molecular weight is 306 g/mol. The number of hydrogen-bond donors (Lipinski definition) is 1. The summed E-state index contributed by atoms with van der Waals surface area (Å²) >= 11 is 0. The number of sulfonamides is 1. The van der Waals surface area contributed by atoms with Crippen LogP contribution in [0.15, 0.2) is 47.5 Å². The molecule has 1 heterocycles. The van der Waals surface area contributed by atoms with Crippen molar-refractivity contribution in [1.82, 2.24) is 4.98 Å². The molecule has 0 aliphatic carbocycles. The highest BCUT2D eigenvalue weighted by molar-refractivity contribution is 7.92. The van der Waals surface area contributed by atoms with Crippen molar-refractivity contribution >= 4 is 21.8 Å². The lowest BCUT2D eigenvalue weighted by atomic mass is 10.1. The van der Waals surface area contributed by atoms with Gasteiger partial charge >= 0.3 is 5.97 Å². The molecule has 2 rings (SSSR count). The van der Waals surface area contributed by atoms with Crippen molar-refractivity contribution in [3.63, 3.8) is 0 Å². The molecule has 6 nitrogen and oxygen atoms in total. The van der Waals surface area contributed by atoms with Crippen LogP contribution in [-0.4, -0.2) is 31.5 Å². The Morgan fingerprint density at radius 3 is 2.48 bits per heavy atom. The minimum absolute atomic E-state index is 0.0366. The van der Waals surface area contributed by atoms with Gasteiger partial charge in [-0.25, -0.2) is 18.2 Å². The highest BCUT2D eigenvalue weighted by Gasteiger charge is 2.26. The van der Waals surface area contributed by atoms with Crippen LogP contribution in [0.1, 0.15) is 15.9 Å². The molecule has 110 valence electrons. The number of aromatic carboxylic acids is 1. The van der Waals surface area contributed by atoms with Crippen LogP contribution in [0.4, 0.5) is 5.82 Å². The second-order valence-electron chi connectivity index (χ2n) is 4.39. The number of carbonyl (C=O) groups is 1. The lowest BCUT2D eigenvalue weighted by Crippen LogP contribution is -2.28. The Hall–Kier alpha value is -2.41. The molecule has 0 saturated carbocycles. The zero-order valence-electron chi connectivity index (χ0n) is 11.5. The van der Waals surface area contributed by atoms with E-state index in [-0.39, 0.29) is 21.8 Å². The normalized spacial score (nSPS) is 11.1. The molecule has 0 atom stereocenters. The summed E-state index contributed by atoms with van der Waals surface area (Å²) < 4.78 is 26.3. The number of hydrogen-bond acceptors (Lipinski definition) is 4. The Morgan fingerprint density at radius 2 is 1.90 bits per heavy atom. The maximum atomic E-state index is 12.6. The van der Waals surface area contributed by atoms with Gasteiger partial charge in [-0.2, -0.15) is 0 Å². The number of anilines is 1. The molecule has 21 heavy (non-hydrogen) atoms. The van der Waals surface area contributed by atoms with E-state index >= 15 is 0 Å². The summed E-state index contributed by atoms with van der Waals surface area (Å²) in [5.74, 6) is -0.900. The van der Waals surface area contributed by atoms with E-state index in [4.69, 9.17) is 5.11 Å². The van der Waals surface area contributed by atoms with E-state index in [1.165, 1.54) is 38.4 Å². The second-order valence-corrected chi connectivity index (χ2v) is 6.33. The predicted octanol–water partition coefficient (Wildman–Crippen LogP) is 1.91. The zero-order chi connectivity index (χ0) is 15.6. The molecule has 1 aromatic carbocycles. The van der Waals surface area contributed by atoms with Crippen molar-refractivity contribution in [2.75, 3.05) is 11.4 Å². The minimum Gasteiger partial charge on any atom is -0.478 e. The Kier molecular flexibility index (Phi) is 3.95. The Morgan fingerprint density at radius 1 is 1.19 bits per heavy atom. The van der Waals surface area contributed by atoms with Crippen molar-refractivity contribution in [2.45, 2.75) is 11.8 Å². The number of pyridine rings is 1. The van der Waals surface area contributed by atoms with Gasteiger partial charge in [0.1, 0.15) is 5.82 Å². The fourth-order valence-electron chi connectivity index (χ4n) is 1.94. The molecule has 0 spiro atoms. The van der Waals surface area contributed by atoms with Gasteiger partial charge in [0.05, 0.1) is 10.5 Å². The Bertz CT molecular complexity index is 773. The third kappa shape index (κ3) is 2.73. The van der Waals surface area contributed by atoms with Crippen LogP contribution in [0.3, 0.4) is 0 Å². The van der Waals surface area contributed by atoms with E-state index in [0.717, 1.165) is 4.31 Å². The molecule has 1 aromatic heterocycles. The lowest BCUT2D eigenvalue weighted by Gasteiger charge is -2.20. The van der Waals surface area contributed by atoms with Crippen molar-refractivity contribution in [2.24, 2.45) is 0 Å². The van der Waals surface area contributed by atoms with Crippen molar-refractivity contribution in [3.8, 4) is 0 Å². The summed E-state index contributed by atoms with van der Waals surface area (Å²) in [5, 5.41) is 9.09. The van der Waals surface area contributed by atoms with E-state index < -0.39 is 16.0 Å². The monoisotopic (exact) mass is 306 g/mol. The first kappa shape index (κ1) is 15.0. The summed E-state index contributed by atoms with van der Waals surface area (Å²) in [5.41, 5.74) is 0.165. The fourth-order valence-corrected chi connectivity index (χ4v) is 3.33. The van der Waals surface area contributed by atoms with Crippen LogP contribution in [0, 0.1) is 6.92 Å². The topological polar surface area (TPSA) is 87.6 Å². The van der Waals surface area contributed by atoms with Gasteiger partial charge in [-0.3, -0.25) is 4.31 Å².